The van der Waals surface area contributed by atoms with E-state index >= 15 is 0 Å². The number of aromatic nitrogens is 2. The highest BCUT2D eigenvalue weighted by atomic mass is 19.1. The van der Waals surface area contributed by atoms with Gasteiger partial charge in [0.05, 0.1) is 0 Å². The molecule has 4 saturated carbocycles. The van der Waals surface area contributed by atoms with Gasteiger partial charge >= 0.3 is 0 Å². The molecule has 3 nitrogen and oxygen atoms in total. The summed E-state index contributed by atoms with van der Waals surface area (Å²) in [4.78, 5) is 0. The van der Waals surface area contributed by atoms with E-state index in [1.165, 1.54) is 44.6 Å². The standard InChI is InChI=1S/C20H23FN2O/c21-17-3-1-2-13(9-17)4-5-18-19(22-23-24-18)20-10-14-6-15(11-20)8-16(7-14)12-20/h1-3,9,14-16H,4-8,10-12H2. The first-order valence-electron chi connectivity index (χ1n) is 9.26. The summed E-state index contributed by atoms with van der Waals surface area (Å²) in [6.45, 7) is 0. The van der Waals surface area contributed by atoms with Crippen LogP contribution in [0.5, 0.6) is 0 Å². The third-order valence-electron chi connectivity index (χ3n) is 6.63. The summed E-state index contributed by atoms with van der Waals surface area (Å²) in [7, 11) is 0. The van der Waals surface area contributed by atoms with Crippen molar-refractivity contribution in [2.75, 3.05) is 0 Å². The van der Waals surface area contributed by atoms with Crippen molar-refractivity contribution in [1.82, 2.24) is 10.4 Å². The van der Waals surface area contributed by atoms with Gasteiger partial charge in [0.1, 0.15) is 11.5 Å². The summed E-state index contributed by atoms with van der Waals surface area (Å²) in [6.07, 6.45) is 9.58. The van der Waals surface area contributed by atoms with Crippen molar-refractivity contribution in [3.63, 3.8) is 0 Å². The highest BCUT2D eigenvalue weighted by Gasteiger charge is 2.53. The van der Waals surface area contributed by atoms with Gasteiger partial charge in [0.2, 0.25) is 0 Å². The van der Waals surface area contributed by atoms with Gasteiger partial charge in [-0.3, -0.25) is 0 Å². The number of hydrogen-bond acceptors (Lipinski definition) is 3. The SMILES string of the molecule is Fc1cccc(CCc2onnc2C23CC4CC(CC(C4)C2)C3)c1. The van der Waals surface area contributed by atoms with Gasteiger partial charge in [0.25, 0.3) is 0 Å². The molecular weight excluding hydrogens is 303 g/mol. The fraction of sp³-hybridized carbons (Fsp3) is 0.600. The molecule has 0 saturated heterocycles. The zero-order valence-corrected chi connectivity index (χ0v) is 13.9. The molecule has 0 atom stereocenters. The summed E-state index contributed by atoms with van der Waals surface area (Å²) in [6, 6.07) is 6.83. The van der Waals surface area contributed by atoms with Crippen molar-refractivity contribution < 1.29 is 8.91 Å². The summed E-state index contributed by atoms with van der Waals surface area (Å²) in [5.74, 6) is 3.39. The monoisotopic (exact) mass is 326 g/mol. The minimum absolute atomic E-state index is 0.176. The van der Waals surface area contributed by atoms with Gasteiger partial charge in [-0.1, -0.05) is 12.1 Å². The highest BCUT2D eigenvalue weighted by molar-refractivity contribution is 5.26. The van der Waals surface area contributed by atoms with Gasteiger partial charge in [-0.05, 0) is 80.4 Å². The lowest BCUT2D eigenvalue weighted by molar-refractivity contribution is -0.00782. The van der Waals surface area contributed by atoms with Gasteiger partial charge in [-0.25, -0.2) is 4.39 Å². The molecular formula is C20H23FN2O. The molecule has 0 spiro atoms. The largest absolute Gasteiger partial charge is 0.342 e. The Morgan fingerprint density at radius 3 is 2.42 bits per heavy atom. The summed E-state index contributed by atoms with van der Waals surface area (Å²) < 4.78 is 18.9. The zero-order chi connectivity index (χ0) is 16.1. The number of nitrogens with zero attached hydrogens (tertiary/aromatic N) is 2. The minimum Gasteiger partial charge on any atom is -0.342 e. The lowest BCUT2D eigenvalue weighted by Gasteiger charge is -2.56. The Balaban J connectivity index is 1.39. The van der Waals surface area contributed by atoms with Crippen LogP contribution >= 0.6 is 0 Å². The topological polar surface area (TPSA) is 38.9 Å². The van der Waals surface area contributed by atoms with Crippen LogP contribution in [0.15, 0.2) is 28.8 Å². The van der Waals surface area contributed by atoms with Gasteiger partial charge in [-0.2, -0.15) is 0 Å². The summed E-state index contributed by atoms with van der Waals surface area (Å²) in [5, 5.41) is 8.36. The second-order valence-corrected chi connectivity index (χ2v) is 8.37. The Kier molecular flexibility index (Phi) is 3.29. The maximum atomic E-state index is 13.4. The molecule has 4 aliphatic carbocycles. The number of aryl methyl sites for hydroxylation is 2. The van der Waals surface area contributed by atoms with E-state index in [1.807, 2.05) is 6.07 Å². The van der Waals surface area contributed by atoms with Crippen LogP contribution in [0.2, 0.25) is 0 Å². The van der Waals surface area contributed by atoms with Crippen molar-refractivity contribution >= 4 is 0 Å². The minimum atomic E-state index is -0.176. The molecule has 0 radical (unpaired) electrons. The zero-order valence-electron chi connectivity index (χ0n) is 13.9. The van der Waals surface area contributed by atoms with E-state index in [0.29, 0.717) is 0 Å². The first kappa shape index (κ1) is 14.6. The fourth-order valence-electron chi connectivity index (χ4n) is 6.13. The molecule has 126 valence electrons. The number of rotatable bonds is 4. The van der Waals surface area contributed by atoms with E-state index in [9.17, 15) is 4.39 Å². The van der Waals surface area contributed by atoms with Crippen molar-refractivity contribution in [3.8, 4) is 0 Å². The van der Waals surface area contributed by atoms with Gasteiger partial charge in [-0.15, -0.1) is 5.10 Å². The van der Waals surface area contributed by atoms with E-state index < -0.39 is 0 Å². The maximum Gasteiger partial charge on any atom is 0.161 e. The van der Waals surface area contributed by atoms with E-state index in [4.69, 9.17) is 4.52 Å². The third kappa shape index (κ3) is 2.38. The number of benzene rings is 1. The maximum absolute atomic E-state index is 13.4. The predicted octanol–water partition coefficient (Wildman–Crippen LogP) is 4.46. The van der Waals surface area contributed by atoms with Crippen molar-refractivity contribution in [3.05, 3.63) is 47.1 Å². The van der Waals surface area contributed by atoms with Gasteiger partial charge < -0.3 is 4.52 Å². The molecule has 4 heteroatoms. The summed E-state index contributed by atoms with van der Waals surface area (Å²) in [5.41, 5.74) is 2.34. The van der Waals surface area contributed by atoms with E-state index in [2.05, 4.69) is 10.4 Å². The predicted molar refractivity (Wildman–Crippen MR) is 88.0 cm³/mol. The Hall–Kier alpha value is -1.71. The quantitative estimate of drug-likeness (QED) is 0.832. The first-order valence-corrected chi connectivity index (χ1v) is 9.26. The Labute approximate surface area is 141 Å². The molecule has 4 aliphatic rings. The van der Waals surface area contributed by atoms with E-state index in [-0.39, 0.29) is 11.2 Å². The molecule has 6 rings (SSSR count). The van der Waals surface area contributed by atoms with Crippen LogP contribution in [0.4, 0.5) is 4.39 Å². The lowest BCUT2D eigenvalue weighted by Crippen LogP contribution is -2.49. The van der Waals surface area contributed by atoms with E-state index in [1.54, 1.807) is 12.1 Å². The molecule has 0 amide bonds. The highest BCUT2D eigenvalue weighted by Crippen LogP contribution is 2.60. The third-order valence-corrected chi connectivity index (χ3v) is 6.63. The molecule has 2 aromatic rings. The van der Waals surface area contributed by atoms with Crippen LogP contribution in [0.25, 0.3) is 0 Å². The van der Waals surface area contributed by atoms with Crippen LogP contribution in [0, 0.1) is 23.6 Å². The molecule has 1 aromatic carbocycles. The summed E-state index contributed by atoms with van der Waals surface area (Å²) >= 11 is 0. The van der Waals surface area contributed by atoms with Crippen molar-refractivity contribution in [2.24, 2.45) is 17.8 Å². The molecule has 24 heavy (non-hydrogen) atoms. The van der Waals surface area contributed by atoms with Crippen LogP contribution in [-0.4, -0.2) is 10.4 Å². The second-order valence-electron chi connectivity index (χ2n) is 8.37. The smallest absolute Gasteiger partial charge is 0.161 e. The normalized spacial score (nSPS) is 34.0. The Morgan fingerprint density at radius 1 is 1.04 bits per heavy atom. The van der Waals surface area contributed by atoms with Crippen LogP contribution in [0.3, 0.4) is 0 Å². The molecule has 0 N–H and O–H groups in total. The molecule has 1 heterocycles. The van der Waals surface area contributed by atoms with E-state index in [0.717, 1.165) is 47.6 Å². The number of hydrogen-bond donors (Lipinski definition) is 0. The van der Waals surface area contributed by atoms with Crippen LogP contribution in [-0.2, 0) is 18.3 Å². The van der Waals surface area contributed by atoms with Crippen molar-refractivity contribution in [1.29, 1.82) is 0 Å². The number of halogens is 1. The van der Waals surface area contributed by atoms with Gasteiger partial charge in [0.15, 0.2) is 5.76 Å². The molecule has 4 fully saturated rings. The molecule has 1 aromatic heterocycles. The molecule has 0 aliphatic heterocycles. The second kappa shape index (κ2) is 5.40. The van der Waals surface area contributed by atoms with Gasteiger partial charge in [0, 0.05) is 17.1 Å². The van der Waals surface area contributed by atoms with Crippen molar-refractivity contribution in [2.45, 2.75) is 56.8 Å². The Morgan fingerprint density at radius 2 is 1.75 bits per heavy atom. The fourth-order valence-corrected chi connectivity index (χ4v) is 6.13. The average molecular weight is 326 g/mol. The first-order chi connectivity index (χ1) is 11.7. The van der Waals surface area contributed by atoms with Crippen LogP contribution < -0.4 is 0 Å². The average Bonchev–Trinajstić information content (AvgIpc) is 3.01. The molecule has 4 bridgehead atoms. The lowest BCUT2D eigenvalue weighted by atomic mass is 9.48. The molecule has 0 unspecified atom stereocenters. The Bertz CT molecular complexity index is 718. The van der Waals surface area contributed by atoms with Crippen LogP contribution in [0.1, 0.15) is 55.5 Å².